The molecule has 4 aliphatic carbocycles. The van der Waals surface area contributed by atoms with Crippen LogP contribution < -0.4 is 0 Å². The molecule has 236 valence electrons. The van der Waals surface area contributed by atoms with E-state index in [-0.39, 0.29) is 0 Å². The molecule has 0 aliphatic heterocycles. The van der Waals surface area contributed by atoms with E-state index < -0.39 is 0 Å². The first-order chi connectivity index (χ1) is 24.1. The molecule has 2 heterocycles. The monoisotopic (exact) mass is 634 g/mol. The molecule has 4 bridgehead atoms. The second kappa shape index (κ2) is 11.0. The Kier molecular flexibility index (Phi) is 6.36. The number of hydrogen-bond donors (Lipinski definition) is 0. The number of fused-ring (bicyclic) bond motifs is 3. The van der Waals surface area contributed by atoms with Crippen molar-refractivity contribution < 1.29 is 4.42 Å². The standard InChI is InChI=1S/C44H34N4O/c45-26-27-9-18-39-38(22-27)37-8-4-7-36(40(37)49-39)31-10-12-33(13-11-31)42-46-41(32-5-2-1-3-6-32)47-43(48-42)34-14-16-35(17-15-34)44-23-28-19-29(24-44)21-30(20-28)25-44/h1-18,22,28-30H,19-21,23-25H2/t28-,29-,30-,44?. The lowest BCUT2D eigenvalue weighted by Gasteiger charge is -2.57. The Morgan fingerprint density at radius 3 is 1.76 bits per heavy atom. The van der Waals surface area contributed by atoms with E-state index >= 15 is 0 Å². The van der Waals surface area contributed by atoms with Gasteiger partial charge in [-0.05, 0) is 91.0 Å². The summed E-state index contributed by atoms with van der Waals surface area (Å²) in [5, 5.41) is 11.4. The van der Waals surface area contributed by atoms with Crippen LogP contribution >= 0.6 is 0 Å². The zero-order valence-corrected chi connectivity index (χ0v) is 27.1. The van der Waals surface area contributed by atoms with Crippen molar-refractivity contribution in [2.24, 2.45) is 17.8 Å². The maximum atomic E-state index is 9.43. The summed E-state index contributed by atoms with van der Waals surface area (Å²) in [6, 6.07) is 41.7. The van der Waals surface area contributed by atoms with Crippen LogP contribution in [0.15, 0.2) is 120 Å². The van der Waals surface area contributed by atoms with Crippen LogP contribution in [-0.4, -0.2) is 15.0 Å². The normalized spacial score (nSPS) is 22.5. The topological polar surface area (TPSA) is 75.6 Å². The maximum absolute atomic E-state index is 9.43. The minimum atomic E-state index is 0.362. The molecule has 4 aliphatic rings. The molecule has 2 aromatic heterocycles. The van der Waals surface area contributed by atoms with E-state index in [2.05, 4.69) is 72.8 Å². The van der Waals surface area contributed by atoms with Gasteiger partial charge in [-0.2, -0.15) is 5.26 Å². The average molecular weight is 635 g/mol. The van der Waals surface area contributed by atoms with Crippen LogP contribution in [0.25, 0.3) is 67.2 Å². The van der Waals surface area contributed by atoms with Crippen molar-refractivity contribution in [2.45, 2.75) is 43.9 Å². The number of benzene rings is 5. The van der Waals surface area contributed by atoms with Gasteiger partial charge in [0.15, 0.2) is 17.5 Å². The van der Waals surface area contributed by atoms with Crippen LogP contribution in [-0.2, 0) is 5.41 Å². The van der Waals surface area contributed by atoms with Crippen molar-refractivity contribution in [2.75, 3.05) is 0 Å². The first-order valence-corrected chi connectivity index (χ1v) is 17.5. The largest absolute Gasteiger partial charge is 0.455 e. The highest BCUT2D eigenvalue weighted by molar-refractivity contribution is 6.09. The number of para-hydroxylation sites is 1. The van der Waals surface area contributed by atoms with Crippen molar-refractivity contribution in [1.29, 1.82) is 5.26 Å². The lowest BCUT2D eigenvalue weighted by Crippen LogP contribution is -2.48. The fourth-order valence-corrected chi connectivity index (χ4v) is 9.68. The number of nitrogens with zero attached hydrogens (tertiary/aromatic N) is 4. The second-order valence-electron chi connectivity index (χ2n) is 14.6. The van der Waals surface area contributed by atoms with Gasteiger partial charge in [0, 0.05) is 33.0 Å². The number of furan rings is 1. The van der Waals surface area contributed by atoms with Crippen LogP contribution in [0.2, 0.25) is 0 Å². The molecule has 0 unspecified atom stereocenters. The van der Waals surface area contributed by atoms with Gasteiger partial charge in [-0.25, -0.2) is 15.0 Å². The molecule has 0 spiro atoms. The van der Waals surface area contributed by atoms with Crippen LogP contribution in [0.1, 0.15) is 49.7 Å². The van der Waals surface area contributed by atoms with Gasteiger partial charge in [0.05, 0.1) is 11.6 Å². The molecule has 49 heavy (non-hydrogen) atoms. The summed E-state index contributed by atoms with van der Waals surface area (Å²) in [6.07, 6.45) is 8.43. The maximum Gasteiger partial charge on any atom is 0.164 e. The first kappa shape index (κ1) is 28.4. The molecule has 0 saturated heterocycles. The molecule has 0 atom stereocenters. The van der Waals surface area contributed by atoms with Crippen LogP contribution in [0.3, 0.4) is 0 Å². The highest BCUT2D eigenvalue weighted by Gasteiger charge is 2.51. The van der Waals surface area contributed by atoms with Crippen LogP contribution in [0.4, 0.5) is 0 Å². The summed E-state index contributed by atoms with van der Waals surface area (Å²) in [6.45, 7) is 0. The molecule has 5 heteroatoms. The third kappa shape index (κ3) is 4.77. The van der Waals surface area contributed by atoms with E-state index in [0.29, 0.717) is 28.5 Å². The SMILES string of the molecule is N#Cc1ccc2oc3c(-c4ccc(-c5nc(-c6ccccc6)nc(-c6ccc(C78C[C@H]9C[C@H](C7)C[C@@H](C8)C9)cc6)n5)cc4)cccc3c2c1. The number of nitriles is 1. The predicted octanol–water partition coefficient (Wildman–Crippen LogP) is 10.8. The van der Waals surface area contributed by atoms with Gasteiger partial charge in [0.2, 0.25) is 0 Å². The van der Waals surface area contributed by atoms with E-state index in [1.807, 2.05) is 42.5 Å². The minimum Gasteiger partial charge on any atom is -0.455 e. The predicted molar refractivity (Wildman–Crippen MR) is 193 cm³/mol. The van der Waals surface area contributed by atoms with Crippen molar-refractivity contribution in [1.82, 2.24) is 15.0 Å². The zero-order chi connectivity index (χ0) is 32.5. The summed E-state index contributed by atoms with van der Waals surface area (Å²) in [5.41, 5.74) is 9.01. The molecule has 0 amide bonds. The molecule has 5 nitrogen and oxygen atoms in total. The lowest BCUT2D eigenvalue weighted by atomic mass is 9.48. The molecule has 0 radical (unpaired) electrons. The Morgan fingerprint density at radius 1 is 0.571 bits per heavy atom. The average Bonchev–Trinajstić information content (AvgIpc) is 3.53. The number of rotatable bonds is 5. The van der Waals surface area contributed by atoms with Crippen molar-refractivity contribution >= 4 is 21.9 Å². The van der Waals surface area contributed by atoms with E-state index in [0.717, 1.165) is 67.5 Å². The summed E-state index contributed by atoms with van der Waals surface area (Å²) in [4.78, 5) is 15.0. The Hall–Kier alpha value is -5.60. The fourth-order valence-electron chi connectivity index (χ4n) is 9.68. The van der Waals surface area contributed by atoms with Gasteiger partial charge in [0.1, 0.15) is 11.2 Å². The van der Waals surface area contributed by atoms with Crippen molar-refractivity contribution in [3.8, 4) is 51.4 Å². The smallest absolute Gasteiger partial charge is 0.164 e. The Morgan fingerprint density at radius 2 is 1.14 bits per heavy atom. The molecule has 0 N–H and O–H groups in total. The summed E-state index contributed by atoms with van der Waals surface area (Å²) in [7, 11) is 0. The Bertz CT molecular complexity index is 2380. The van der Waals surface area contributed by atoms with Gasteiger partial charge >= 0.3 is 0 Å². The highest BCUT2D eigenvalue weighted by Crippen LogP contribution is 2.60. The Labute approximate surface area is 285 Å². The van der Waals surface area contributed by atoms with Gasteiger partial charge in [-0.3, -0.25) is 0 Å². The molecule has 5 aromatic carbocycles. The minimum absolute atomic E-state index is 0.362. The molecular formula is C44H34N4O. The van der Waals surface area contributed by atoms with E-state index in [1.54, 1.807) is 6.07 Å². The summed E-state index contributed by atoms with van der Waals surface area (Å²) in [5.74, 6) is 4.75. The van der Waals surface area contributed by atoms with Gasteiger partial charge < -0.3 is 4.42 Å². The van der Waals surface area contributed by atoms with Crippen molar-refractivity contribution in [3.05, 3.63) is 126 Å². The lowest BCUT2D eigenvalue weighted by molar-refractivity contribution is -0.00518. The Balaban J connectivity index is 1.02. The third-order valence-electron chi connectivity index (χ3n) is 11.5. The second-order valence-corrected chi connectivity index (χ2v) is 14.6. The first-order valence-electron chi connectivity index (χ1n) is 17.5. The fraction of sp³-hybridized carbons (Fsp3) is 0.227. The van der Waals surface area contributed by atoms with E-state index in [1.165, 1.54) is 44.1 Å². The van der Waals surface area contributed by atoms with Gasteiger partial charge in [-0.15, -0.1) is 0 Å². The number of hydrogen-bond acceptors (Lipinski definition) is 5. The van der Waals surface area contributed by atoms with E-state index in [9.17, 15) is 5.26 Å². The van der Waals surface area contributed by atoms with Gasteiger partial charge in [-0.1, -0.05) is 97.1 Å². The molecule has 4 saturated carbocycles. The van der Waals surface area contributed by atoms with Crippen LogP contribution in [0.5, 0.6) is 0 Å². The zero-order valence-electron chi connectivity index (χ0n) is 27.1. The molecule has 7 aromatic rings. The molecule has 4 fully saturated rings. The van der Waals surface area contributed by atoms with Crippen LogP contribution in [0, 0.1) is 29.1 Å². The number of aromatic nitrogens is 3. The van der Waals surface area contributed by atoms with Gasteiger partial charge in [0.25, 0.3) is 0 Å². The summed E-state index contributed by atoms with van der Waals surface area (Å²) < 4.78 is 6.32. The molecular weight excluding hydrogens is 601 g/mol. The van der Waals surface area contributed by atoms with Crippen molar-refractivity contribution in [3.63, 3.8) is 0 Å². The highest BCUT2D eigenvalue weighted by atomic mass is 16.3. The molecule has 11 rings (SSSR count). The summed E-state index contributed by atoms with van der Waals surface area (Å²) >= 11 is 0. The third-order valence-corrected chi connectivity index (χ3v) is 11.5. The quantitative estimate of drug-likeness (QED) is 0.188. The van der Waals surface area contributed by atoms with E-state index in [4.69, 9.17) is 19.4 Å².